The van der Waals surface area contributed by atoms with E-state index < -0.39 is 5.97 Å². The smallest absolute Gasteiger partial charge is 0.355 e. The Morgan fingerprint density at radius 1 is 1.28 bits per heavy atom. The minimum absolute atomic E-state index is 0.00283. The van der Waals surface area contributed by atoms with E-state index >= 15 is 0 Å². The number of hydrogen-bond acceptors (Lipinski definition) is 6. The van der Waals surface area contributed by atoms with Crippen LogP contribution in [0.2, 0.25) is 0 Å². The maximum atomic E-state index is 11.7. The molecular weight excluding hydrogens is 408 g/mol. The van der Waals surface area contributed by atoms with E-state index in [9.17, 15) is 15.0 Å². The summed E-state index contributed by atoms with van der Waals surface area (Å²) in [4.78, 5) is 16.4. The fraction of sp³-hybridized carbons (Fsp3) is 0.0952. The number of ether oxygens (including phenoxy) is 1. The molecule has 0 amide bonds. The zero-order valence-electron chi connectivity index (χ0n) is 15.3. The summed E-state index contributed by atoms with van der Waals surface area (Å²) in [5, 5.41) is 20.3. The molecule has 0 radical (unpaired) electrons. The number of methoxy groups -OCH3 is 1. The van der Waals surface area contributed by atoms with Gasteiger partial charge >= 0.3 is 5.97 Å². The van der Waals surface area contributed by atoms with Crippen molar-refractivity contribution in [2.45, 2.75) is 6.54 Å². The number of benzene rings is 2. The number of aromatic hydroxyl groups is 1. The molecule has 146 valence electrons. The highest BCUT2D eigenvalue weighted by Crippen LogP contribution is 2.40. The molecule has 2 aromatic carbocycles. The molecule has 2 N–H and O–H groups in total. The van der Waals surface area contributed by atoms with Crippen LogP contribution in [0.3, 0.4) is 0 Å². The number of carboxylic acids is 1. The maximum absolute atomic E-state index is 11.7. The second kappa shape index (κ2) is 7.65. The fourth-order valence-electron chi connectivity index (χ4n) is 3.12. The summed E-state index contributed by atoms with van der Waals surface area (Å²) in [6.07, 6.45) is 1.63. The van der Waals surface area contributed by atoms with Crippen LogP contribution in [0.4, 0.5) is 5.69 Å². The van der Waals surface area contributed by atoms with Crippen LogP contribution in [0.25, 0.3) is 11.6 Å². The van der Waals surface area contributed by atoms with Gasteiger partial charge in [0, 0.05) is 17.2 Å². The lowest BCUT2D eigenvalue weighted by molar-refractivity contribution is -0.129. The molecule has 0 atom stereocenters. The second-order valence-electron chi connectivity index (χ2n) is 6.33. The molecule has 0 fully saturated rings. The number of carbonyl (C=O) groups is 1. The Labute approximate surface area is 175 Å². The molecule has 4 rings (SSSR count). The van der Waals surface area contributed by atoms with Crippen LogP contribution in [0.15, 0.2) is 53.5 Å². The molecule has 1 aliphatic rings. The van der Waals surface area contributed by atoms with Crippen molar-refractivity contribution < 1.29 is 19.7 Å². The zero-order valence-corrected chi connectivity index (χ0v) is 17.0. The van der Waals surface area contributed by atoms with Crippen molar-refractivity contribution in [2.75, 3.05) is 7.11 Å². The number of rotatable bonds is 5. The van der Waals surface area contributed by atoms with Crippen molar-refractivity contribution in [3.05, 3.63) is 68.5 Å². The first-order valence-electron chi connectivity index (χ1n) is 8.67. The van der Waals surface area contributed by atoms with Gasteiger partial charge in [-0.05, 0) is 36.0 Å². The van der Waals surface area contributed by atoms with Crippen molar-refractivity contribution >= 4 is 52.6 Å². The van der Waals surface area contributed by atoms with Gasteiger partial charge in [0.1, 0.15) is 5.75 Å². The number of fused-ring (bicyclic) bond motifs is 1. The Morgan fingerprint density at radius 2 is 2.03 bits per heavy atom. The Bertz CT molecular complexity index is 1220. The summed E-state index contributed by atoms with van der Waals surface area (Å²) < 4.78 is 7.32. The third kappa shape index (κ3) is 3.59. The number of thiazole rings is 1. The van der Waals surface area contributed by atoms with Crippen molar-refractivity contribution in [1.29, 1.82) is 0 Å². The van der Waals surface area contributed by atoms with Crippen molar-refractivity contribution in [3.63, 3.8) is 0 Å². The molecule has 0 spiro atoms. The van der Waals surface area contributed by atoms with Gasteiger partial charge in [0.05, 0.1) is 24.2 Å². The highest BCUT2D eigenvalue weighted by molar-refractivity contribution is 7.73. The minimum Gasteiger partial charge on any atom is -0.497 e. The van der Waals surface area contributed by atoms with Crippen LogP contribution in [0.5, 0.6) is 11.6 Å². The predicted octanol–water partition coefficient (Wildman–Crippen LogP) is 4.75. The van der Waals surface area contributed by atoms with E-state index in [1.807, 2.05) is 30.3 Å². The predicted molar refractivity (Wildman–Crippen MR) is 116 cm³/mol. The summed E-state index contributed by atoms with van der Waals surface area (Å²) >= 11 is 6.64. The summed E-state index contributed by atoms with van der Waals surface area (Å²) in [5.74, 6) is -0.549. The second-order valence-corrected chi connectivity index (χ2v) is 8.01. The molecule has 8 heteroatoms. The van der Waals surface area contributed by atoms with E-state index in [1.54, 1.807) is 28.8 Å². The Morgan fingerprint density at radius 3 is 2.72 bits per heavy atom. The van der Waals surface area contributed by atoms with Crippen LogP contribution < -0.4 is 4.74 Å². The summed E-state index contributed by atoms with van der Waals surface area (Å²) in [6, 6.07) is 14.9. The number of nitrogens with zero attached hydrogens (tertiary/aromatic N) is 2. The van der Waals surface area contributed by atoms with Crippen LogP contribution in [-0.2, 0) is 11.3 Å². The van der Waals surface area contributed by atoms with Gasteiger partial charge in [-0.1, -0.05) is 30.3 Å². The van der Waals surface area contributed by atoms with Crippen LogP contribution in [0.1, 0.15) is 16.0 Å². The molecule has 1 aliphatic heterocycles. The first-order valence-corrected chi connectivity index (χ1v) is 9.89. The Hall–Kier alpha value is -3.23. The number of aromatic nitrogens is 1. The van der Waals surface area contributed by atoms with Gasteiger partial charge < -0.3 is 14.9 Å². The van der Waals surface area contributed by atoms with Crippen molar-refractivity contribution in [1.82, 2.24) is 4.57 Å². The van der Waals surface area contributed by atoms with Gasteiger partial charge in [0.15, 0.2) is 9.67 Å². The van der Waals surface area contributed by atoms with Crippen LogP contribution in [-0.4, -0.2) is 33.6 Å². The molecule has 29 heavy (non-hydrogen) atoms. The molecule has 0 unspecified atom stereocenters. The lowest BCUT2D eigenvalue weighted by Gasteiger charge is -2.06. The number of aliphatic imine (C=N–C) groups is 1. The normalized spacial score (nSPS) is 14.0. The highest BCUT2D eigenvalue weighted by atomic mass is 32.1. The van der Waals surface area contributed by atoms with Crippen LogP contribution in [0, 0.1) is 3.95 Å². The zero-order chi connectivity index (χ0) is 20.5. The number of carboxylic acid groups (broad SMARTS) is 1. The molecule has 0 saturated heterocycles. The maximum Gasteiger partial charge on any atom is 0.355 e. The van der Waals surface area contributed by atoms with Gasteiger partial charge in [-0.15, -0.1) is 11.3 Å². The molecule has 0 saturated carbocycles. The fourth-order valence-corrected chi connectivity index (χ4v) is 4.37. The molecule has 3 aromatic rings. The molecule has 1 aromatic heterocycles. The quantitative estimate of drug-likeness (QED) is 0.577. The average Bonchev–Trinajstić information content (AvgIpc) is 3.21. The van der Waals surface area contributed by atoms with E-state index in [0.717, 1.165) is 5.56 Å². The summed E-state index contributed by atoms with van der Waals surface area (Å²) in [7, 11) is 1.54. The Kier molecular flexibility index (Phi) is 5.04. The van der Waals surface area contributed by atoms with Gasteiger partial charge in [-0.3, -0.25) is 4.57 Å². The van der Waals surface area contributed by atoms with Gasteiger partial charge in [-0.2, -0.15) is 0 Å². The Balaban J connectivity index is 1.78. The average molecular weight is 425 g/mol. The number of hydrogen-bond donors (Lipinski definition) is 2. The van der Waals surface area contributed by atoms with E-state index in [0.29, 0.717) is 37.9 Å². The third-order valence-electron chi connectivity index (χ3n) is 4.54. The molecule has 0 bridgehead atoms. The number of aliphatic carboxylic acids is 1. The minimum atomic E-state index is -1.14. The van der Waals surface area contributed by atoms with E-state index in [4.69, 9.17) is 17.0 Å². The summed E-state index contributed by atoms with van der Waals surface area (Å²) in [5.41, 5.74) is 2.52. The van der Waals surface area contributed by atoms with Gasteiger partial charge in [0.2, 0.25) is 5.88 Å². The summed E-state index contributed by atoms with van der Waals surface area (Å²) in [6.45, 7) is 0.429. The lowest BCUT2D eigenvalue weighted by Crippen LogP contribution is -2.11. The molecule has 6 nitrogen and oxygen atoms in total. The van der Waals surface area contributed by atoms with E-state index in [1.165, 1.54) is 18.4 Å². The van der Waals surface area contributed by atoms with Crippen molar-refractivity contribution in [2.24, 2.45) is 4.99 Å². The van der Waals surface area contributed by atoms with E-state index in [2.05, 4.69) is 4.99 Å². The van der Waals surface area contributed by atoms with Crippen molar-refractivity contribution in [3.8, 4) is 11.6 Å². The van der Waals surface area contributed by atoms with Gasteiger partial charge in [-0.25, -0.2) is 9.79 Å². The topological polar surface area (TPSA) is 84.0 Å². The van der Waals surface area contributed by atoms with E-state index in [-0.39, 0.29) is 11.6 Å². The first kappa shape index (κ1) is 19.1. The standard InChI is InChI=1S/C21H16N2O4S2/c1-27-13-7-8-14-15(18(20(25)26)22-16(14)9-13)10-17-19(24)23(21(28)29-17)11-12-5-3-2-4-6-12/h2-10,24H,11H2,1H3,(H,25,26)/b15-10+. The SMILES string of the molecule is COc1ccc2c(c1)N=C(C(=O)O)/C2=C/c1sc(=S)n(Cc2ccccc2)c1O. The lowest BCUT2D eigenvalue weighted by atomic mass is 10.0. The molecular formula is C21H16N2O4S2. The first-order chi connectivity index (χ1) is 14.0. The largest absolute Gasteiger partial charge is 0.497 e. The van der Waals surface area contributed by atoms with Gasteiger partial charge in [0.25, 0.3) is 0 Å². The molecule has 0 aliphatic carbocycles. The monoisotopic (exact) mass is 424 g/mol. The highest BCUT2D eigenvalue weighted by Gasteiger charge is 2.27. The third-order valence-corrected chi connectivity index (χ3v) is 5.92. The molecule has 2 heterocycles. The van der Waals surface area contributed by atoms with Crippen LogP contribution >= 0.6 is 23.6 Å².